The number of methoxy groups -OCH3 is 1. The van der Waals surface area contributed by atoms with Gasteiger partial charge in [-0.15, -0.1) is 0 Å². The van der Waals surface area contributed by atoms with Crippen molar-refractivity contribution in [2.24, 2.45) is 11.8 Å². The molecule has 0 unspecified atom stereocenters. The van der Waals surface area contributed by atoms with Gasteiger partial charge in [0.25, 0.3) is 0 Å². The van der Waals surface area contributed by atoms with Gasteiger partial charge in [-0.3, -0.25) is 19.0 Å². The summed E-state index contributed by atoms with van der Waals surface area (Å²) in [6, 6.07) is 12.0. The summed E-state index contributed by atoms with van der Waals surface area (Å²) in [7, 11) is 1.65. The van der Waals surface area contributed by atoms with Gasteiger partial charge >= 0.3 is 0 Å². The second-order valence-electron chi connectivity index (χ2n) is 20.0. The van der Waals surface area contributed by atoms with Crippen molar-refractivity contribution < 1.29 is 23.8 Å². The molecule has 2 fully saturated rings. The molecule has 2 saturated heterocycles. The Bertz CT molecular complexity index is 2860. The van der Waals surface area contributed by atoms with Crippen LogP contribution in [0.1, 0.15) is 97.9 Å². The number of rotatable bonds is 11. The number of ether oxygens (including phenoxy) is 3. The fourth-order valence-electron chi connectivity index (χ4n) is 8.70. The molecule has 66 heavy (non-hydrogen) atoms. The number of aromatic nitrogens is 8. The van der Waals surface area contributed by atoms with Crippen LogP contribution in [-0.4, -0.2) is 87.9 Å². The van der Waals surface area contributed by atoms with Crippen LogP contribution in [0.5, 0.6) is 17.2 Å². The molecule has 348 valence electrons. The molecule has 2 amide bonds. The smallest absolute Gasteiger partial charge is 0.223 e. The van der Waals surface area contributed by atoms with Crippen molar-refractivity contribution in [3.05, 3.63) is 103 Å². The van der Waals surface area contributed by atoms with Gasteiger partial charge < -0.3 is 24.4 Å². The van der Waals surface area contributed by atoms with Crippen LogP contribution < -0.4 is 19.5 Å². The normalized spacial score (nSPS) is 18.0. The van der Waals surface area contributed by atoms with E-state index < -0.39 is 0 Å². The molecule has 7 aromatic rings. The van der Waals surface area contributed by atoms with Gasteiger partial charge in [-0.1, -0.05) is 12.1 Å². The van der Waals surface area contributed by atoms with Crippen molar-refractivity contribution in [2.75, 3.05) is 20.2 Å². The first-order chi connectivity index (χ1) is 31.3. The van der Waals surface area contributed by atoms with Gasteiger partial charge in [-0.2, -0.15) is 20.4 Å². The van der Waals surface area contributed by atoms with Gasteiger partial charge in [0.05, 0.1) is 49.0 Å². The number of nitrogens with zero attached hydrogens (tertiary/aromatic N) is 9. The Morgan fingerprint density at radius 3 is 1.59 bits per heavy atom. The fourth-order valence-corrected chi connectivity index (χ4v) is 8.70. The number of benzene rings is 1. The van der Waals surface area contributed by atoms with Gasteiger partial charge in [0.1, 0.15) is 40.5 Å². The van der Waals surface area contributed by atoms with Gasteiger partial charge in [-0.25, -0.2) is 9.03 Å². The summed E-state index contributed by atoms with van der Waals surface area (Å²) in [6.07, 6.45) is 16.3. The Morgan fingerprint density at radius 1 is 0.652 bits per heavy atom. The molecule has 15 nitrogen and oxygen atoms in total. The van der Waals surface area contributed by atoms with E-state index in [0.717, 1.165) is 67.2 Å². The quantitative estimate of drug-likeness (QED) is 0.135. The standard InChI is InChI=1S/C30H37N5O3.C21H27N5O2/c1-19-14-31-34-17-24(25-15-32-35(18-25)30(4,5)6)12-27(29(19)34)38-21(3)23-13-28(36)33(16-23)20(2)22-8-10-26(37-7)11-9-22;1-13-8-23-25-11-16(17-10-24-26(12-17)21(3,4)5)6-18(20(13)25)28-14(2)15-7-19(27)22-9-15/h8-12,14-15,17-18,20-21,23H,13,16H2,1-7H3;6,8,10-12,14-15H,7,9H2,1-5H3,(H,22,27)/t20-,21-,23-;14-,15-/m11/s1. The maximum absolute atomic E-state index is 13.0. The zero-order valence-electron chi connectivity index (χ0n) is 40.4. The molecule has 8 heterocycles. The predicted octanol–water partition coefficient (Wildman–Crippen LogP) is 8.81. The number of aryl methyl sites for hydroxylation is 2. The molecule has 6 aromatic heterocycles. The molecule has 2 aliphatic rings. The number of carbonyl (C=O) groups is 2. The van der Waals surface area contributed by atoms with Crippen LogP contribution in [0.4, 0.5) is 0 Å². The lowest BCUT2D eigenvalue weighted by Gasteiger charge is -2.27. The van der Waals surface area contributed by atoms with E-state index in [-0.39, 0.29) is 53.0 Å². The molecule has 0 saturated carbocycles. The SMILES string of the molecule is COc1ccc([C@@H](C)N2C[C@H]([C@@H](C)Oc3cc(-c4cnn(C(C)(C)C)c4)cn4ncc(C)c34)CC2=O)cc1.Cc1cnn2cc(-c3cnn(C(C)(C)C)c3)cc(O[C@H](C)[C@H]3CNC(=O)C3)c12. The summed E-state index contributed by atoms with van der Waals surface area (Å²) in [4.78, 5) is 26.6. The molecule has 0 bridgehead atoms. The Hall–Kier alpha value is -6.64. The fraction of sp³-hybridized carbons (Fsp3) is 0.451. The number of fused-ring (bicyclic) bond motifs is 2. The molecule has 0 spiro atoms. The number of hydrogen-bond donors (Lipinski definition) is 1. The molecule has 15 heteroatoms. The van der Waals surface area contributed by atoms with Crippen LogP contribution in [0.15, 0.2) is 86.0 Å². The summed E-state index contributed by atoms with van der Waals surface area (Å²) in [5.41, 5.74) is 8.89. The van der Waals surface area contributed by atoms with Gasteiger partial charge in [0.2, 0.25) is 11.8 Å². The number of pyridine rings is 2. The Labute approximate surface area is 387 Å². The maximum Gasteiger partial charge on any atom is 0.223 e. The van der Waals surface area contributed by atoms with Crippen LogP contribution in [-0.2, 0) is 20.7 Å². The minimum Gasteiger partial charge on any atom is -0.497 e. The van der Waals surface area contributed by atoms with Gasteiger partial charge in [-0.05, 0) is 117 Å². The highest BCUT2D eigenvalue weighted by molar-refractivity contribution is 5.80. The van der Waals surface area contributed by atoms with E-state index in [1.165, 1.54) is 0 Å². The first-order valence-electron chi connectivity index (χ1n) is 22.9. The predicted molar refractivity (Wildman–Crippen MR) is 255 cm³/mol. The molecule has 5 atom stereocenters. The van der Waals surface area contributed by atoms with Crippen LogP contribution in [0.3, 0.4) is 0 Å². The Morgan fingerprint density at radius 2 is 1.15 bits per heavy atom. The molecule has 0 aliphatic carbocycles. The molecule has 0 radical (unpaired) electrons. The maximum atomic E-state index is 13.0. The van der Waals surface area contributed by atoms with Crippen LogP contribution in [0, 0.1) is 25.7 Å². The average Bonchev–Trinajstić information content (AvgIpc) is 4.14. The minimum absolute atomic E-state index is 0.0166. The van der Waals surface area contributed by atoms with Crippen LogP contribution in [0.25, 0.3) is 33.3 Å². The Kier molecular flexibility index (Phi) is 12.5. The van der Waals surface area contributed by atoms with E-state index in [0.29, 0.717) is 25.9 Å². The highest BCUT2D eigenvalue weighted by Crippen LogP contribution is 2.36. The molecule has 2 aliphatic heterocycles. The largest absolute Gasteiger partial charge is 0.497 e. The molecule has 1 aromatic carbocycles. The van der Waals surface area contributed by atoms with E-state index in [4.69, 9.17) is 14.2 Å². The van der Waals surface area contributed by atoms with Crippen molar-refractivity contribution in [1.29, 1.82) is 0 Å². The number of hydrogen-bond acceptors (Lipinski definition) is 9. The van der Waals surface area contributed by atoms with E-state index in [1.807, 2.05) is 112 Å². The second kappa shape index (κ2) is 18.0. The van der Waals surface area contributed by atoms with Crippen molar-refractivity contribution in [3.8, 4) is 39.5 Å². The Balaban J connectivity index is 0.000000188. The highest BCUT2D eigenvalue weighted by Gasteiger charge is 2.37. The third kappa shape index (κ3) is 9.52. The second-order valence-corrected chi connectivity index (χ2v) is 20.0. The first kappa shape index (κ1) is 45.9. The zero-order valence-corrected chi connectivity index (χ0v) is 40.4. The van der Waals surface area contributed by atoms with Crippen molar-refractivity contribution in [2.45, 2.75) is 118 Å². The lowest BCUT2D eigenvalue weighted by Crippen LogP contribution is -2.31. The van der Waals surface area contributed by atoms with E-state index in [1.54, 1.807) is 7.11 Å². The topological polar surface area (TPSA) is 147 Å². The summed E-state index contributed by atoms with van der Waals surface area (Å²) < 4.78 is 25.9. The molecule has 9 rings (SSSR count). The zero-order chi connectivity index (χ0) is 47.2. The third-order valence-corrected chi connectivity index (χ3v) is 12.9. The summed E-state index contributed by atoms with van der Waals surface area (Å²) in [5, 5.41) is 21.0. The number of carbonyl (C=O) groups excluding carboxylic acids is 2. The van der Waals surface area contributed by atoms with E-state index >= 15 is 0 Å². The van der Waals surface area contributed by atoms with E-state index in [9.17, 15) is 9.59 Å². The monoisotopic (exact) mass is 897 g/mol. The van der Waals surface area contributed by atoms with Crippen molar-refractivity contribution >= 4 is 22.8 Å². The third-order valence-electron chi connectivity index (χ3n) is 12.9. The highest BCUT2D eigenvalue weighted by atomic mass is 16.5. The van der Waals surface area contributed by atoms with Gasteiger partial charge in [0.15, 0.2) is 0 Å². The number of nitrogens with one attached hydrogen (secondary N) is 1. The lowest BCUT2D eigenvalue weighted by atomic mass is 10.0. The van der Waals surface area contributed by atoms with Gasteiger partial charge in [0, 0.05) is 84.8 Å². The van der Waals surface area contributed by atoms with Crippen LogP contribution >= 0.6 is 0 Å². The first-order valence-corrected chi connectivity index (χ1v) is 22.9. The average molecular weight is 897 g/mol. The van der Waals surface area contributed by atoms with Crippen LogP contribution in [0.2, 0.25) is 0 Å². The minimum atomic E-state index is -0.155. The summed E-state index contributed by atoms with van der Waals surface area (Å²) >= 11 is 0. The van der Waals surface area contributed by atoms with Crippen molar-refractivity contribution in [3.63, 3.8) is 0 Å². The summed E-state index contributed by atoms with van der Waals surface area (Å²) in [6.45, 7) is 24.3. The van der Waals surface area contributed by atoms with Crippen molar-refractivity contribution in [1.82, 2.24) is 49.0 Å². The number of likely N-dealkylation sites (tertiary alicyclic amines) is 1. The number of amides is 2. The molecular weight excluding hydrogens is 833 g/mol. The molecule has 1 N–H and O–H groups in total. The lowest BCUT2D eigenvalue weighted by molar-refractivity contribution is -0.129. The molecular formula is C51H64N10O5. The van der Waals surface area contributed by atoms with E-state index in [2.05, 4.69) is 99.4 Å². The summed E-state index contributed by atoms with van der Waals surface area (Å²) in [5.74, 6) is 2.85.